The minimum atomic E-state index is -1.49. The Balaban J connectivity index is 1.41. The monoisotopic (exact) mass is 690 g/mol. The molecule has 0 aromatic heterocycles. The van der Waals surface area contributed by atoms with Gasteiger partial charge in [-0.2, -0.15) is 0 Å². The Morgan fingerprint density at radius 2 is 1.33 bits per heavy atom. The summed E-state index contributed by atoms with van der Waals surface area (Å²) in [6.07, 6.45) is 1.10. The number of ketones is 1. The van der Waals surface area contributed by atoms with Crippen LogP contribution in [0.2, 0.25) is 0 Å². The molecule has 0 radical (unpaired) electrons. The summed E-state index contributed by atoms with van der Waals surface area (Å²) in [5, 5.41) is 0. The molecule has 0 unspecified atom stereocenters. The van der Waals surface area contributed by atoms with Gasteiger partial charge in [0.15, 0.2) is 30.7 Å². The zero-order valence-corrected chi connectivity index (χ0v) is 30.9. The average Bonchev–Trinajstić information content (AvgIpc) is 3.36. The van der Waals surface area contributed by atoms with Crippen LogP contribution in [-0.2, 0) is 52.4 Å². The van der Waals surface area contributed by atoms with Crippen LogP contribution in [0.15, 0.2) is 0 Å². The van der Waals surface area contributed by atoms with E-state index < -0.39 is 72.3 Å². The van der Waals surface area contributed by atoms with Crippen molar-refractivity contribution in [2.75, 3.05) is 7.11 Å². The van der Waals surface area contributed by atoms with Crippen molar-refractivity contribution in [1.29, 1.82) is 0 Å². The van der Waals surface area contributed by atoms with Gasteiger partial charge < -0.3 is 28.4 Å². The maximum Gasteiger partial charge on any atom is 0.339 e. The van der Waals surface area contributed by atoms with Gasteiger partial charge in [0.05, 0.1) is 31.0 Å². The quantitative estimate of drug-likeness (QED) is 0.170. The molecule has 1 saturated heterocycles. The van der Waals surface area contributed by atoms with Crippen molar-refractivity contribution in [3.8, 4) is 0 Å². The molecular weight excluding hydrogens is 632 g/mol. The summed E-state index contributed by atoms with van der Waals surface area (Å²) in [7, 11) is 1.19. The van der Waals surface area contributed by atoms with Crippen molar-refractivity contribution >= 4 is 29.7 Å². The summed E-state index contributed by atoms with van der Waals surface area (Å²) in [5.41, 5.74) is -0.0504. The number of Topliss-reactive ketones (excluding diaryl/α,β-unsaturated/α-hetero) is 1. The number of esters is 4. The second kappa shape index (κ2) is 14.6. The lowest BCUT2D eigenvalue weighted by Crippen LogP contribution is -2.65. The molecule has 0 aromatic rings. The van der Waals surface area contributed by atoms with Gasteiger partial charge in [-0.15, -0.1) is 0 Å². The van der Waals surface area contributed by atoms with E-state index in [2.05, 4.69) is 13.8 Å². The van der Waals surface area contributed by atoms with E-state index in [-0.39, 0.29) is 16.9 Å². The number of carbonyl (C=O) groups excluding carboxylic acids is 5. The van der Waals surface area contributed by atoms with Gasteiger partial charge in [0.25, 0.3) is 0 Å². The van der Waals surface area contributed by atoms with Crippen LogP contribution in [-0.4, -0.2) is 73.6 Å². The number of hydrogen-bond donors (Lipinski definition) is 0. The van der Waals surface area contributed by atoms with E-state index in [4.69, 9.17) is 28.4 Å². The maximum atomic E-state index is 13.2. The number of ether oxygens (including phenoxy) is 6. The number of rotatable bonds is 9. The summed E-state index contributed by atoms with van der Waals surface area (Å²) in [6, 6.07) is 0. The van der Waals surface area contributed by atoms with Crippen LogP contribution in [0.3, 0.4) is 0 Å². The lowest BCUT2D eigenvalue weighted by molar-refractivity contribution is -0.316. The Morgan fingerprint density at radius 3 is 1.92 bits per heavy atom. The second-order valence-electron chi connectivity index (χ2n) is 16.7. The minimum Gasteiger partial charge on any atom is -0.467 e. The lowest BCUT2D eigenvalue weighted by atomic mass is 9.45. The van der Waals surface area contributed by atoms with Crippen LogP contribution in [0.1, 0.15) is 113 Å². The Bertz CT molecular complexity index is 1280. The van der Waals surface area contributed by atoms with Crippen molar-refractivity contribution in [2.45, 2.75) is 150 Å². The highest BCUT2D eigenvalue weighted by Gasteiger charge is 2.61. The second-order valence-corrected chi connectivity index (χ2v) is 16.7. The van der Waals surface area contributed by atoms with Crippen molar-refractivity contribution in [2.24, 2.45) is 52.3 Å². The topological polar surface area (TPSA) is 141 Å². The third-order valence-corrected chi connectivity index (χ3v) is 12.8. The third kappa shape index (κ3) is 7.17. The third-order valence-electron chi connectivity index (χ3n) is 12.8. The number of fused-ring (bicyclic) bond motifs is 5. The van der Waals surface area contributed by atoms with Gasteiger partial charge >= 0.3 is 23.9 Å². The minimum absolute atomic E-state index is 0.118. The summed E-state index contributed by atoms with van der Waals surface area (Å²) >= 11 is 0. The van der Waals surface area contributed by atoms with E-state index in [0.717, 1.165) is 51.4 Å². The van der Waals surface area contributed by atoms with Crippen molar-refractivity contribution in [3.63, 3.8) is 0 Å². The van der Waals surface area contributed by atoms with E-state index in [1.165, 1.54) is 7.11 Å². The van der Waals surface area contributed by atoms with E-state index in [9.17, 15) is 24.0 Å². The van der Waals surface area contributed by atoms with Crippen LogP contribution < -0.4 is 0 Å². The number of carbonyl (C=O) groups is 5. The molecule has 5 aliphatic rings. The largest absolute Gasteiger partial charge is 0.467 e. The lowest BCUT2D eigenvalue weighted by Gasteiger charge is -2.60. The molecule has 0 bridgehead atoms. The standard InChI is InChI=1S/C38H58O11/c1-19(2)32(40)46-28-29(47-33(41)20(3)4)31(48-34(42)21(5)6)36(49-30(28)35(43)44-9)45-23-14-16-37(7)22(18-23)10-11-24-25-12-13-27(39)38(25,8)17-15-26(24)37/h19-26,28-31,36H,10-18H2,1-9H3/t22-,23+,24-,25-,26-,28-,29-,30-,31+,36+,37-,38-/m0/s1. The van der Waals surface area contributed by atoms with E-state index in [1.54, 1.807) is 41.5 Å². The zero-order valence-electron chi connectivity index (χ0n) is 30.9. The summed E-state index contributed by atoms with van der Waals surface area (Å²) < 4.78 is 35.6. The molecule has 276 valence electrons. The van der Waals surface area contributed by atoms with E-state index in [1.807, 2.05) is 0 Å². The average molecular weight is 691 g/mol. The number of methoxy groups -OCH3 is 1. The Hall–Kier alpha value is -2.53. The first kappa shape index (κ1) is 37.7. The van der Waals surface area contributed by atoms with Gasteiger partial charge in [0, 0.05) is 11.8 Å². The molecule has 12 atom stereocenters. The molecule has 5 rings (SSSR count). The van der Waals surface area contributed by atoms with Gasteiger partial charge in [0.1, 0.15) is 5.78 Å². The molecule has 0 aromatic carbocycles. The van der Waals surface area contributed by atoms with Gasteiger partial charge in [-0.1, -0.05) is 55.4 Å². The molecule has 0 spiro atoms. The summed E-state index contributed by atoms with van der Waals surface area (Å²) in [5.74, 6) is -1.92. The van der Waals surface area contributed by atoms with Crippen LogP contribution in [0, 0.1) is 52.3 Å². The van der Waals surface area contributed by atoms with Crippen molar-refractivity contribution in [3.05, 3.63) is 0 Å². The number of hydrogen-bond acceptors (Lipinski definition) is 11. The van der Waals surface area contributed by atoms with Crippen molar-refractivity contribution in [1.82, 2.24) is 0 Å². The molecule has 5 fully saturated rings. The fourth-order valence-corrected chi connectivity index (χ4v) is 9.73. The smallest absolute Gasteiger partial charge is 0.339 e. The Kier molecular flexibility index (Phi) is 11.2. The normalized spacial score (nSPS) is 40.3. The predicted octanol–water partition coefficient (Wildman–Crippen LogP) is 5.58. The molecule has 1 aliphatic heterocycles. The highest BCUT2D eigenvalue weighted by molar-refractivity contribution is 5.87. The Labute approximate surface area is 291 Å². The van der Waals surface area contributed by atoms with E-state index in [0.29, 0.717) is 35.9 Å². The molecule has 1 heterocycles. The molecule has 4 saturated carbocycles. The first-order valence-corrected chi connectivity index (χ1v) is 18.5. The molecule has 49 heavy (non-hydrogen) atoms. The maximum absolute atomic E-state index is 13.2. The molecule has 11 heteroatoms. The van der Waals surface area contributed by atoms with Crippen molar-refractivity contribution < 1.29 is 52.4 Å². The van der Waals surface area contributed by atoms with E-state index >= 15 is 0 Å². The van der Waals surface area contributed by atoms with Crippen LogP contribution in [0.25, 0.3) is 0 Å². The van der Waals surface area contributed by atoms with Gasteiger partial charge in [-0.05, 0) is 80.5 Å². The van der Waals surface area contributed by atoms with Crippen LogP contribution >= 0.6 is 0 Å². The van der Waals surface area contributed by atoms with Crippen LogP contribution in [0.5, 0.6) is 0 Å². The van der Waals surface area contributed by atoms with Gasteiger partial charge in [-0.3, -0.25) is 19.2 Å². The SMILES string of the molecule is COC(=O)[C@H]1O[C@@H](O[C@@H]2CC[C@@]3(C)[C@@H](CC[C@@H]4[C@@H]3CC[C@]3(C)C(=O)CC[C@@H]43)C2)[C@H](OC(=O)C(C)C)[C@@H](OC(=O)C(C)C)[C@@H]1OC(=O)C(C)C. The summed E-state index contributed by atoms with van der Waals surface area (Å²) in [6.45, 7) is 14.6. The Morgan fingerprint density at radius 1 is 0.735 bits per heavy atom. The molecule has 4 aliphatic carbocycles. The molecule has 11 nitrogen and oxygen atoms in total. The molecular formula is C38H58O11. The first-order valence-electron chi connectivity index (χ1n) is 18.5. The van der Waals surface area contributed by atoms with Gasteiger partial charge in [-0.25, -0.2) is 4.79 Å². The molecule has 0 N–H and O–H groups in total. The highest BCUT2D eigenvalue weighted by atomic mass is 16.7. The molecule has 0 amide bonds. The highest BCUT2D eigenvalue weighted by Crippen LogP contribution is 2.65. The zero-order chi connectivity index (χ0) is 36.0. The summed E-state index contributed by atoms with van der Waals surface area (Å²) in [4.78, 5) is 65.2. The predicted molar refractivity (Wildman–Crippen MR) is 176 cm³/mol. The van der Waals surface area contributed by atoms with Gasteiger partial charge in [0.2, 0.25) is 0 Å². The fourth-order valence-electron chi connectivity index (χ4n) is 9.73. The first-order chi connectivity index (χ1) is 23.0. The van der Waals surface area contributed by atoms with Crippen LogP contribution in [0.4, 0.5) is 0 Å². The fraction of sp³-hybridized carbons (Fsp3) is 0.868.